The number of nitrogens with one attached hydrogen (secondary N) is 2. The van der Waals surface area contributed by atoms with Crippen LogP contribution in [0.5, 0.6) is 5.75 Å². The molecule has 1 aliphatic rings. The average molecular weight is 514 g/mol. The smallest absolute Gasteiger partial charge is 0.251 e. The van der Waals surface area contributed by atoms with Gasteiger partial charge in [0, 0.05) is 42.8 Å². The van der Waals surface area contributed by atoms with E-state index in [9.17, 15) is 9.90 Å². The Morgan fingerprint density at radius 3 is 2.68 bits per heavy atom. The molecule has 1 amide bonds. The number of aromatic nitrogens is 3. The summed E-state index contributed by atoms with van der Waals surface area (Å²) in [5.41, 5.74) is 3.21. The predicted molar refractivity (Wildman–Crippen MR) is 147 cm³/mol. The average Bonchev–Trinajstić information content (AvgIpc) is 3.49. The molecule has 4 aromatic rings. The number of pyridine rings is 1. The molecule has 0 radical (unpaired) electrons. The molecule has 38 heavy (non-hydrogen) atoms. The maximum Gasteiger partial charge on any atom is 0.251 e. The molecule has 0 unspecified atom stereocenters. The maximum absolute atomic E-state index is 13.4. The second-order valence-corrected chi connectivity index (χ2v) is 10.3. The number of nitrogens with zero attached hydrogens (tertiary/aromatic N) is 3. The Morgan fingerprint density at radius 1 is 1.16 bits per heavy atom. The second kappa shape index (κ2) is 11.3. The van der Waals surface area contributed by atoms with Crippen LogP contribution in [0.2, 0.25) is 0 Å². The molecule has 5 rings (SSSR count). The lowest BCUT2D eigenvalue weighted by Crippen LogP contribution is -2.52. The lowest BCUT2D eigenvalue weighted by molar-refractivity contribution is 0.0148. The molecule has 4 atom stereocenters. The van der Waals surface area contributed by atoms with Crippen LogP contribution in [0.15, 0.2) is 72.9 Å². The number of ether oxygens (including phenoxy) is 1. The zero-order valence-corrected chi connectivity index (χ0v) is 22.0. The van der Waals surface area contributed by atoms with Gasteiger partial charge in [-0.05, 0) is 49.5 Å². The third kappa shape index (κ3) is 5.71. The van der Waals surface area contributed by atoms with Gasteiger partial charge in [-0.25, -0.2) is 4.98 Å². The Bertz CT molecular complexity index is 1360. The number of fused-ring (bicyclic) bond motifs is 1. The van der Waals surface area contributed by atoms with Crippen LogP contribution < -0.4 is 10.1 Å². The number of imidazole rings is 1. The quantitative estimate of drug-likeness (QED) is 0.313. The van der Waals surface area contributed by atoms with Gasteiger partial charge in [-0.3, -0.25) is 14.7 Å². The monoisotopic (exact) mass is 513 g/mol. The number of H-pyrrole nitrogens is 1. The molecule has 2 aromatic heterocycles. The molecule has 0 saturated heterocycles. The molecule has 0 spiro atoms. The lowest BCUT2D eigenvalue weighted by Gasteiger charge is -2.32. The zero-order chi connectivity index (χ0) is 26.6. The van der Waals surface area contributed by atoms with E-state index in [0.717, 1.165) is 29.0 Å². The molecule has 0 bridgehead atoms. The van der Waals surface area contributed by atoms with Crippen LogP contribution in [0.4, 0.5) is 0 Å². The van der Waals surface area contributed by atoms with Crippen molar-refractivity contribution >= 4 is 16.9 Å². The maximum atomic E-state index is 13.4. The summed E-state index contributed by atoms with van der Waals surface area (Å²) < 4.78 is 6.18. The van der Waals surface area contributed by atoms with Crippen molar-refractivity contribution < 1.29 is 14.6 Å². The lowest BCUT2D eigenvalue weighted by atomic mass is 10.1. The van der Waals surface area contributed by atoms with Gasteiger partial charge in [0.15, 0.2) is 0 Å². The first kappa shape index (κ1) is 25.9. The van der Waals surface area contributed by atoms with E-state index in [0.29, 0.717) is 24.3 Å². The highest BCUT2D eigenvalue weighted by atomic mass is 16.5. The molecule has 3 N–H and O–H groups in total. The Hall–Kier alpha value is -3.75. The first-order valence-electron chi connectivity index (χ1n) is 13.2. The number of hydrogen-bond acceptors (Lipinski definition) is 6. The van der Waals surface area contributed by atoms with E-state index in [1.54, 1.807) is 12.3 Å². The minimum Gasteiger partial charge on any atom is -0.488 e. The van der Waals surface area contributed by atoms with Gasteiger partial charge in [-0.15, -0.1) is 0 Å². The summed E-state index contributed by atoms with van der Waals surface area (Å²) in [6.07, 6.45) is 1.78. The van der Waals surface area contributed by atoms with Crippen molar-refractivity contribution in [3.05, 3.63) is 90.0 Å². The van der Waals surface area contributed by atoms with Gasteiger partial charge in [0.25, 0.3) is 5.91 Å². The number of likely N-dealkylation sites (N-methyl/N-ethyl adjacent to an activating group) is 1. The number of aromatic amines is 1. The van der Waals surface area contributed by atoms with Crippen molar-refractivity contribution in [2.45, 2.75) is 56.9 Å². The van der Waals surface area contributed by atoms with E-state index in [1.807, 2.05) is 67.7 Å². The van der Waals surface area contributed by atoms with Crippen LogP contribution in [-0.4, -0.2) is 68.7 Å². The Kier molecular flexibility index (Phi) is 7.72. The molecule has 1 saturated carbocycles. The third-order valence-corrected chi connectivity index (χ3v) is 7.24. The van der Waals surface area contributed by atoms with E-state index in [-0.39, 0.29) is 23.9 Å². The van der Waals surface area contributed by atoms with Gasteiger partial charge >= 0.3 is 0 Å². The topological polar surface area (TPSA) is 103 Å². The van der Waals surface area contributed by atoms with E-state index >= 15 is 0 Å². The van der Waals surface area contributed by atoms with Gasteiger partial charge in [-0.1, -0.05) is 38.1 Å². The number of amides is 1. The molecule has 8 heteroatoms. The Balaban J connectivity index is 1.34. The van der Waals surface area contributed by atoms with Gasteiger partial charge in [0.1, 0.15) is 23.8 Å². The Morgan fingerprint density at radius 2 is 1.95 bits per heavy atom. The fraction of sp³-hybridized carbons (Fsp3) is 0.367. The minimum atomic E-state index is -0.780. The number of benzene rings is 2. The largest absolute Gasteiger partial charge is 0.488 e. The summed E-state index contributed by atoms with van der Waals surface area (Å²) in [6.45, 7) is 4.84. The van der Waals surface area contributed by atoms with Crippen LogP contribution >= 0.6 is 0 Å². The number of rotatable bonds is 9. The molecule has 2 aromatic carbocycles. The van der Waals surface area contributed by atoms with Gasteiger partial charge in [-0.2, -0.15) is 0 Å². The predicted octanol–water partition coefficient (Wildman–Crippen LogP) is 3.94. The number of carbonyl (C=O) groups is 1. The van der Waals surface area contributed by atoms with Crippen LogP contribution in [0, 0.1) is 0 Å². The van der Waals surface area contributed by atoms with E-state index in [4.69, 9.17) is 4.74 Å². The van der Waals surface area contributed by atoms with Crippen LogP contribution in [0.25, 0.3) is 11.0 Å². The van der Waals surface area contributed by atoms with Crippen molar-refractivity contribution in [1.29, 1.82) is 0 Å². The van der Waals surface area contributed by atoms with E-state index < -0.39 is 12.2 Å². The Labute approximate surface area is 223 Å². The van der Waals surface area contributed by atoms with Crippen molar-refractivity contribution in [1.82, 2.24) is 25.2 Å². The summed E-state index contributed by atoms with van der Waals surface area (Å²) >= 11 is 0. The van der Waals surface area contributed by atoms with Crippen LogP contribution in [0.3, 0.4) is 0 Å². The number of carbonyl (C=O) groups excluding carboxylic acids is 1. The van der Waals surface area contributed by atoms with Gasteiger partial charge < -0.3 is 20.1 Å². The fourth-order valence-corrected chi connectivity index (χ4v) is 5.17. The molecule has 1 fully saturated rings. The number of aliphatic hydroxyl groups is 1. The molecule has 1 aliphatic carbocycles. The standard InChI is InChI=1S/C30H35N5O3/c1-19(2)29-32-23-13-12-20(17-24(23)33-29)30(37)34-25-18-26(38-22-10-5-4-6-11-22)28(36)27(25)35(3)16-14-21-9-7-8-15-31-21/h4-13,15,17,19,25-28,36H,14,16,18H2,1-3H3,(H,32,33)(H,34,37)/t25-,26-,27+,28+/m1/s1. The van der Waals surface area contributed by atoms with Crippen molar-refractivity contribution in [2.75, 3.05) is 13.6 Å². The van der Waals surface area contributed by atoms with Gasteiger partial charge in [0.2, 0.25) is 0 Å². The summed E-state index contributed by atoms with van der Waals surface area (Å²) in [7, 11) is 1.98. The highest BCUT2D eigenvalue weighted by Gasteiger charge is 2.46. The summed E-state index contributed by atoms with van der Waals surface area (Å²) in [6, 6.07) is 20.2. The molecule has 198 valence electrons. The normalized spacial score (nSPS) is 21.3. The third-order valence-electron chi connectivity index (χ3n) is 7.24. The van der Waals surface area contributed by atoms with Crippen molar-refractivity contribution in [3.63, 3.8) is 0 Å². The molecular weight excluding hydrogens is 478 g/mol. The second-order valence-electron chi connectivity index (χ2n) is 10.3. The van der Waals surface area contributed by atoms with Crippen LogP contribution in [-0.2, 0) is 6.42 Å². The molecule has 2 heterocycles. The van der Waals surface area contributed by atoms with E-state index in [2.05, 4.69) is 39.0 Å². The van der Waals surface area contributed by atoms with Crippen molar-refractivity contribution in [3.8, 4) is 5.75 Å². The van der Waals surface area contributed by atoms with Crippen LogP contribution in [0.1, 0.15) is 48.1 Å². The van der Waals surface area contributed by atoms with Crippen molar-refractivity contribution in [2.24, 2.45) is 0 Å². The first-order valence-corrected chi connectivity index (χ1v) is 13.2. The summed E-state index contributed by atoms with van der Waals surface area (Å²) in [5.74, 6) is 1.67. The SMILES string of the molecule is CC(C)c1nc2ccc(C(=O)N[C@@H]3C[C@@H](Oc4ccccc4)[C@H](O)[C@H]3N(C)CCc3ccccn3)cc2[nH]1. The summed E-state index contributed by atoms with van der Waals surface area (Å²) in [5, 5.41) is 14.6. The molecular formula is C30H35N5O3. The zero-order valence-electron chi connectivity index (χ0n) is 22.0. The minimum absolute atomic E-state index is 0.187. The van der Waals surface area contributed by atoms with E-state index in [1.165, 1.54) is 0 Å². The van der Waals surface area contributed by atoms with Gasteiger partial charge in [0.05, 0.1) is 23.1 Å². The number of aliphatic hydroxyl groups excluding tert-OH is 1. The number of para-hydroxylation sites is 1. The highest BCUT2D eigenvalue weighted by Crippen LogP contribution is 2.29. The fourth-order valence-electron chi connectivity index (χ4n) is 5.17. The molecule has 0 aliphatic heterocycles. The summed E-state index contributed by atoms with van der Waals surface area (Å²) in [4.78, 5) is 27.9. The number of hydrogen-bond donors (Lipinski definition) is 3. The molecule has 8 nitrogen and oxygen atoms in total. The highest BCUT2D eigenvalue weighted by molar-refractivity contribution is 5.97. The first-order chi connectivity index (χ1) is 18.4.